The molecule has 2 heterocycles. The van der Waals surface area contributed by atoms with Gasteiger partial charge in [0.25, 0.3) is 0 Å². The van der Waals surface area contributed by atoms with E-state index in [2.05, 4.69) is 32.7 Å². The second-order valence-corrected chi connectivity index (χ2v) is 7.36. The lowest BCUT2D eigenvalue weighted by Crippen LogP contribution is -2.25. The van der Waals surface area contributed by atoms with Crippen molar-refractivity contribution in [2.24, 2.45) is 5.73 Å². The molecular weight excluding hydrogens is 326 g/mol. The molecule has 6 heteroatoms. The Balaban J connectivity index is 1.65. The number of nitrogens with zero attached hydrogens (tertiary/aromatic N) is 2. The minimum absolute atomic E-state index is 0.349. The Kier molecular flexibility index (Phi) is 4.68. The summed E-state index contributed by atoms with van der Waals surface area (Å²) in [5, 5.41) is 6.47. The predicted molar refractivity (Wildman–Crippen MR) is 104 cm³/mol. The highest BCUT2D eigenvalue weighted by molar-refractivity contribution is 5.63. The number of hydrogen-bond donors (Lipinski definition) is 3. The lowest BCUT2D eigenvalue weighted by atomic mass is 9.81. The fourth-order valence-corrected chi connectivity index (χ4v) is 4.03. The highest BCUT2D eigenvalue weighted by Crippen LogP contribution is 2.42. The molecule has 1 aromatic heterocycles. The molecular formula is C20H27N5O. The van der Waals surface area contributed by atoms with Crippen LogP contribution in [-0.2, 0) is 6.42 Å². The molecule has 1 aliphatic heterocycles. The number of hydrogen-bond acceptors (Lipinski definition) is 6. The van der Waals surface area contributed by atoms with Crippen molar-refractivity contribution in [1.29, 1.82) is 0 Å². The average Bonchev–Trinajstić information content (AvgIpc) is 3.09. The molecule has 2 aliphatic rings. The van der Waals surface area contributed by atoms with Gasteiger partial charge < -0.3 is 21.1 Å². The van der Waals surface area contributed by atoms with Gasteiger partial charge >= 0.3 is 0 Å². The second kappa shape index (κ2) is 7.11. The summed E-state index contributed by atoms with van der Waals surface area (Å²) in [6.07, 6.45) is 5.39. The van der Waals surface area contributed by atoms with Crippen LogP contribution in [0.25, 0.3) is 0 Å². The van der Waals surface area contributed by atoms with Gasteiger partial charge in [0.05, 0.1) is 6.61 Å². The fraction of sp³-hybridized carbons (Fsp3) is 0.500. The first-order valence-corrected chi connectivity index (χ1v) is 9.48. The van der Waals surface area contributed by atoms with Crippen molar-refractivity contribution in [3.8, 4) is 5.75 Å². The van der Waals surface area contributed by atoms with Crippen molar-refractivity contribution in [2.75, 3.05) is 24.3 Å². The van der Waals surface area contributed by atoms with Gasteiger partial charge in [0.1, 0.15) is 11.6 Å². The number of anilines is 3. The molecule has 2 aromatic rings. The molecule has 4 rings (SSSR count). The van der Waals surface area contributed by atoms with E-state index in [4.69, 9.17) is 10.5 Å². The number of nitrogens with one attached hydrogen (secondary N) is 2. The second-order valence-electron chi connectivity index (χ2n) is 7.36. The summed E-state index contributed by atoms with van der Waals surface area (Å²) in [5.41, 5.74) is 10.7. The molecule has 0 radical (unpaired) electrons. The molecule has 0 unspecified atom stereocenters. The Morgan fingerprint density at radius 1 is 1.12 bits per heavy atom. The lowest BCUT2D eigenvalue weighted by Gasteiger charge is -2.28. The van der Waals surface area contributed by atoms with E-state index in [0.717, 1.165) is 61.7 Å². The zero-order valence-corrected chi connectivity index (χ0v) is 15.5. The number of aryl methyl sites for hydroxylation is 1. The average molecular weight is 353 g/mol. The first kappa shape index (κ1) is 17.1. The summed E-state index contributed by atoms with van der Waals surface area (Å²) >= 11 is 0. The molecule has 0 amide bonds. The Morgan fingerprint density at radius 2 is 1.92 bits per heavy atom. The molecule has 6 nitrogen and oxygen atoms in total. The van der Waals surface area contributed by atoms with Crippen LogP contribution < -0.4 is 21.1 Å². The van der Waals surface area contributed by atoms with Gasteiger partial charge in [-0.2, -0.15) is 4.98 Å². The molecule has 1 fully saturated rings. The molecule has 4 N–H and O–H groups in total. The third-order valence-corrected chi connectivity index (χ3v) is 5.39. The third kappa shape index (κ3) is 3.46. The summed E-state index contributed by atoms with van der Waals surface area (Å²) in [5.74, 6) is 3.04. The predicted octanol–water partition coefficient (Wildman–Crippen LogP) is 3.49. The largest absolute Gasteiger partial charge is 0.493 e. The molecule has 1 saturated carbocycles. The van der Waals surface area contributed by atoms with E-state index in [9.17, 15) is 0 Å². The van der Waals surface area contributed by atoms with E-state index in [1.807, 2.05) is 20.0 Å². The number of fused-ring (bicyclic) bond motifs is 1. The number of nitrogens with two attached hydrogens (primary N) is 1. The minimum Gasteiger partial charge on any atom is -0.493 e. The summed E-state index contributed by atoms with van der Waals surface area (Å²) in [7, 11) is 1.87. The zero-order valence-electron chi connectivity index (χ0n) is 15.5. The Labute approximate surface area is 154 Å². The molecule has 1 aromatic carbocycles. The Hall–Kier alpha value is -2.34. The van der Waals surface area contributed by atoms with E-state index in [-0.39, 0.29) is 0 Å². The first-order chi connectivity index (χ1) is 12.6. The highest BCUT2D eigenvalue weighted by atomic mass is 16.5. The fourth-order valence-electron chi connectivity index (χ4n) is 4.03. The number of ether oxygens (including phenoxy) is 1. The minimum atomic E-state index is 0.349. The van der Waals surface area contributed by atoms with E-state index in [1.165, 1.54) is 11.1 Å². The maximum atomic E-state index is 6.10. The van der Waals surface area contributed by atoms with Crippen LogP contribution in [0.3, 0.4) is 0 Å². The van der Waals surface area contributed by atoms with Crippen molar-refractivity contribution in [1.82, 2.24) is 9.97 Å². The Bertz CT molecular complexity index is 799. The van der Waals surface area contributed by atoms with Gasteiger partial charge in [-0.15, -0.1) is 0 Å². The molecule has 138 valence electrons. The first-order valence-electron chi connectivity index (χ1n) is 9.48. The van der Waals surface area contributed by atoms with E-state index >= 15 is 0 Å². The van der Waals surface area contributed by atoms with Gasteiger partial charge in [0.2, 0.25) is 5.95 Å². The van der Waals surface area contributed by atoms with Crippen molar-refractivity contribution < 1.29 is 4.74 Å². The molecule has 1 aliphatic carbocycles. The normalized spacial score (nSPS) is 21.8. The lowest BCUT2D eigenvalue weighted by molar-refractivity contribution is 0.339. The van der Waals surface area contributed by atoms with Crippen molar-refractivity contribution in [2.45, 2.75) is 51.0 Å². The maximum Gasteiger partial charge on any atom is 0.229 e. The topological polar surface area (TPSA) is 85.1 Å². The SMILES string of the molecule is CNc1cc(C)nc(Nc2cc3c(c([C@H]4CC[C@H](N)CC4)c2)OCC3)n1. The highest BCUT2D eigenvalue weighted by Gasteiger charge is 2.27. The van der Waals surface area contributed by atoms with Gasteiger partial charge in [0.15, 0.2) is 0 Å². The van der Waals surface area contributed by atoms with Crippen LogP contribution in [0.4, 0.5) is 17.5 Å². The van der Waals surface area contributed by atoms with Crippen molar-refractivity contribution in [3.63, 3.8) is 0 Å². The summed E-state index contributed by atoms with van der Waals surface area (Å²) < 4.78 is 5.97. The monoisotopic (exact) mass is 353 g/mol. The van der Waals surface area contributed by atoms with Crippen LogP contribution in [0.15, 0.2) is 18.2 Å². The van der Waals surface area contributed by atoms with Crippen molar-refractivity contribution >= 4 is 17.5 Å². The molecule has 0 spiro atoms. The van der Waals surface area contributed by atoms with Crippen LogP contribution in [0.1, 0.15) is 48.4 Å². The van der Waals surface area contributed by atoms with Crippen molar-refractivity contribution in [3.05, 3.63) is 35.0 Å². The van der Waals surface area contributed by atoms with E-state index < -0.39 is 0 Å². The van der Waals surface area contributed by atoms with Gasteiger partial charge in [-0.3, -0.25) is 0 Å². The quantitative estimate of drug-likeness (QED) is 0.780. The summed E-state index contributed by atoms with van der Waals surface area (Å²) in [6.45, 7) is 2.74. The van der Waals surface area contributed by atoms with Crippen LogP contribution in [0.2, 0.25) is 0 Å². The summed E-state index contributed by atoms with van der Waals surface area (Å²) in [4.78, 5) is 9.02. The molecule has 26 heavy (non-hydrogen) atoms. The van der Waals surface area contributed by atoms with Gasteiger partial charge in [-0.25, -0.2) is 4.98 Å². The third-order valence-electron chi connectivity index (χ3n) is 5.39. The standard InChI is InChI=1S/C20H27N5O/c1-12-9-18(22-2)25-20(23-12)24-16-10-14-7-8-26-19(14)17(11-16)13-3-5-15(21)6-4-13/h9-11,13,15H,3-8,21H2,1-2H3,(H2,22,23,24,25)/t13-,15-. The van der Waals surface area contributed by atoms with E-state index in [1.54, 1.807) is 0 Å². The smallest absolute Gasteiger partial charge is 0.229 e. The summed E-state index contributed by atoms with van der Waals surface area (Å²) in [6, 6.07) is 6.67. The van der Waals surface area contributed by atoms with Gasteiger partial charge in [-0.1, -0.05) is 0 Å². The van der Waals surface area contributed by atoms with Crippen LogP contribution >= 0.6 is 0 Å². The van der Waals surface area contributed by atoms with Gasteiger partial charge in [0, 0.05) is 37.0 Å². The van der Waals surface area contributed by atoms with Crippen LogP contribution in [0.5, 0.6) is 5.75 Å². The number of aromatic nitrogens is 2. The number of rotatable bonds is 4. The molecule has 0 bridgehead atoms. The maximum absolute atomic E-state index is 6.10. The van der Waals surface area contributed by atoms with Crippen LogP contribution in [0, 0.1) is 6.92 Å². The Morgan fingerprint density at radius 3 is 2.69 bits per heavy atom. The van der Waals surface area contributed by atoms with E-state index in [0.29, 0.717) is 17.9 Å². The molecule has 0 atom stereocenters. The number of benzene rings is 1. The zero-order chi connectivity index (χ0) is 18.1. The van der Waals surface area contributed by atoms with Gasteiger partial charge in [-0.05, 0) is 61.8 Å². The molecule has 0 saturated heterocycles. The van der Waals surface area contributed by atoms with Crippen LogP contribution in [-0.4, -0.2) is 29.7 Å².